The van der Waals surface area contributed by atoms with E-state index < -0.39 is 0 Å². The molecule has 6 nitrogen and oxygen atoms in total. The Balaban J connectivity index is 1.33. The van der Waals surface area contributed by atoms with E-state index in [1.165, 1.54) is 42.4 Å². The van der Waals surface area contributed by atoms with Gasteiger partial charge in [-0.05, 0) is 29.7 Å². The first-order valence-electron chi connectivity index (χ1n) is 9.74. The van der Waals surface area contributed by atoms with Crippen molar-refractivity contribution in [3.8, 4) is 0 Å². The van der Waals surface area contributed by atoms with E-state index in [0.29, 0.717) is 26.8 Å². The van der Waals surface area contributed by atoms with E-state index in [1.54, 1.807) is 6.07 Å². The molecule has 0 radical (unpaired) electrons. The zero-order valence-corrected chi connectivity index (χ0v) is 17.5. The van der Waals surface area contributed by atoms with Gasteiger partial charge in [0, 0.05) is 11.6 Å². The van der Waals surface area contributed by atoms with Crippen molar-refractivity contribution in [1.82, 2.24) is 15.5 Å². The number of fused-ring (bicyclic) bond motifs is 1. The van der Waals surface area contributed by atoms with Crippen molar-refractivity contribution in [2.45, 2.75) is 42.5 Å². The largest absolute Gasteiger partial charge is 0.353 e. The summed E-state index contributed by atoms with van der Waals surface area (Å²) in [6, 6.07) is 13.7. The molecule has 2 aromatic carbocycles. The van der Waals surface area contributed by atoms with Gasteiger partial charge in [-0.2, -0.15) is 0 Å². The quantitative estimate of drug-likeness (QED) is 0.448. The zero-order chi connectivity index (χ0) is 20.1. The van der Waals surface area contributed by atoms with Crippen molar-refractivity contribution in [2.75, 3.05) is 11.1 Å². The monoisotopic (exact) mass is 426 g/mol. The molecule has 0 unspecified atom stereocenters. The maximum absolute atomic E-state index is 12.7. The predicted octanol–water partition coefficient (Wildman–Crippen LogP) is 4.48. The molecule has 0 bridgehead atoms. The molecule has 2 amide bonds. The van der Waals surface area contributed by atoms with Crippen LogP contribution in [0.2, 0.25) is 0 Å². The highest BCUT2D eigenvalue weighted by molar-refractivity contribution is 8.01. The summed E-state index contributed by atoms with van der Waals surface area (Å²) < 4.78 is 0.664. The highest BCUT2D eigenvalue weighted by atomic mass is 32.2. The van der Waals surface area contributed by atoms with Crippen molar-refractivity contribution in [3.05, 3.63) is 48.0 Å². The molecule has 1 aliphatic rings. The maximum Gasteiger partial charge on any atom is 0.258 e. The van der Waals surface area contributed by atoms with Crippen molar-refractivity contribution in [2.24, 2.45) is 0 Å². The van der Waals surface area contributed by atoms with Crippen molar-refractivity contribution in [1.29, 1.82) is 0 Å². The normalized spacial score (nSPS) is 14.6. The number of aromatic nitrogens is 2. The number of hydrogen-bond donors (Lipinski definition) is 2. The van der Waals surface area contributed by atoms with E-state index in [0.717, 1.165) is 23.6 Å². The third-order valence-corrected chi connectivity index (χ3v) is 6.93. The molecule has 29 heavy (non-hydrogen) atoms. The van der Waals surface area contributed by atoms with Gasteiger partial charge in [-0.1, -0.05) is 78.8 Å². The third-order valence-electron chi connectivity index (χ3n) is 4.96. The number of hydrogen-bond acceptors (Lipinski definition) is 6. The predicted molar refractivity (Wildman–Crippen MR) is 118 cm³/mol. The van der Waals surface area contributed by atoms with Crippen LogP contribution in [0.1, 0.15) is 42.5 Å². The van der Waals surface area contributed by atoms with Crippen LogP contribution in [-0.4, -0.2) is 33.8 Å². The number of nitrogens with one attached hydrogen (secondary N) is 2. The van der Waals surface area contributed by atoms with Gasteiger partial charge in [-0.15, -0.1) is 10.2 Å². The second-order valence-electron chi connectivity index (χ2n) is 7.05. The Morgan fingerprint density at radius 2 is 1.83 bits per heavy atom. The Morgan fingerprint density at radius 1 is 1.03 bits per heavy atom. The summed E-state index contributed by atoms with van der Waals surface area (Å²) in [5.41, 5.74) is 0.597. The van der Waals surface area contributed by atoms with Crippen LogP contribution in [-0.2, 0) is 4.79 Å². The average molecular weight is 427 g/mol. The van der Waals surface area contributed by atoms with Gasteiger partial charge in [0.2, 0.25) is 11.0 Å². The maximum atomic E-state index is 12.7. The molecule has 1 saturated carbocycles. The van der Waals surface area contributed by atoms with Crippen LogP contribution in [0.15, 0.2) is 46.8 Å². The van der Waals surface area contributed by atoms with Crippen molar-refractivity contribution < 1.29 is 9.59 Å². The molecule has 0 atom stereocenters. The first-order valence-corrected chi connectivity index (χ1v) is 11.5. The van der Waals surface area contributed by atoms with Crippen molar-refractivity contribution >= 4 is 50.8 Å². The number of nitrogens with zero attached hydrogens (tertiary/aromatic N) is 2. The standard InChI is InChI=1S/C21H22N4O2S2/c26-18(22-15-9-2-1-3-10-15)13-28-21-25-24-20(29-21)23-19(27)17-12-6-8-14-7-4-5-11-16(14)17/h4-8,11-12,15H,1-3,9-10,13H2,(H,22,26)(H,23,24,27). The van der Waals surface area contributed by atoms with Gasteiger partial charge in [0.15, 0.2) is 4.34 Å². The molecule has 1 heterocycles. The van der Waals surface area contributed by atoms with E-state index in [4.69, 9.17) is 0 Å². The average Bonchev–Trinajstić information content (AvgIpc) is 3.20. The molecule has 4 rings (SSSR count). The van der Waals surface area contributed by atoms with Crippen LogP contribution in [0.4, 0.5) is 5.13 Å². The molecule has 1 aliphatic carbocycles. The summed E-state index contributed by atoms with van der Waals surface area (Å²) in [5, 5.41) is 16.4. The molecular weight excluding hydrogens is 404 g/mol. The number of benzene rings is 2. The van der Waals surface area contributed by atoms with Gasteiger partial charge in [-0.25, -0.2) is 0 Å². The Labute approximate surface area is 177 Å². The minimum Gasteiger partial charge on any atom is -0.353 e. The van der Waals surface area contributed by atoms with Crippen LogP contribution >= 0.6 is 23.1 Å². The molecule has 8 heteroatoms. The van der Waals surface area contributed by atoms with Crippen LogP contribution < -0.4 is 10.6 Å². The Hall–Kier alpha value is -2.45. The van der Waals surface area contributed by atoms with E-state index in [2.05, 4.69) is 20.8 Å². The van der Waals surface area contributed by atoms with Crippen LogP contribution in [0, 0.1) is 0 Å². The van der Waals surface area contributed by atoms with E-state index in [-0.39, 0.29) is 11.8 Å². The zero-order valence-electron chi connectivity index (χ0n) is 15.9. The van der Waals surface area contributed by atoms with E-state index >= 15 is 0 Å². The van der Waals surface area contributed by atoms with Crippen LogP contribution in [0.5, 0.6) is 0 Å². The van der Waals surface area contributed by atoms with Gasteiger partial charge < -0.3 is 5.32 Å². The fraction of sp³-hybridized carbons (Fsp3) is 0.333. The lowest BCUT2D eigenvalue weighted by Crippen LogP contribution is -2.37. The molecule has 3 aromatic rings. The summed E-state index contributed by atoms with van der Waals surface area (Å²) in [5.74, 6) is 0.116. The number of anilines is 1. The summed E-state index contributed by atoms with van der Waals surface area (Å²) in [4.78, 5) is 24.8. The smallest absolute Gasteiger partial charge is 0.258 e. The summed E-state index contributed by atoms with van der Waals surface area (Å²) in [6.45, 7) is 0. The molecule has 0 spiro atoms. The number of thioether (sulfide) groups is 1. The van der Waals surface area contributed by atoms with Gasteiger partial charge in [0.25, 0.3) is 5.91 Å². The summed E-state index contributed by atoms with van der Waals surface area (Å²) in [6.07, 6.45) is 5.78. The van der Waals surface area contributed by atoms with Crippen LogP contribution in [0.25, 0.3) is 10.8 Å². The molecular formula is C21H22N4O2S2. The molecule has 1 aromatic heterocycles. The minimum absolute atomic E-state index is 0.0263. The second kappa shape index (κ2) is 9.37. The second-order valence-corrected chi connectivity index (χ2v) is 9.25. The number of rotatable bonds is 6. The first-order chi connectivity index (χ1) is 14.2. The van der Waals surface area contributed by atoms with Gasteiger partial charge in [0.1, 0.15) is 0 Å². The Bertz CT molecular complexity index is 1010. The topological polar surface area (TPSA) is 84.0 Å². The van der Waals surface area contributed by atoms with E-state index in [9.17, 15) is 9.59 Å². The SMILES string of the molecule is O=C(CSc1nnc(NC(=O)c2cccc3ccccc23)s1)NC1CCCCC1. The molecule has 0 aliphatic heterocycles. The van der Waals surface area contributed by atoms with Gasteiger partial charge in [0.05, 0.1) is 5.75 Å². The number of amides is 2. The van der Waals surface area contributed by atoms with E-state index in [1.807, 2.05) is 36.4 Å². The van der Waals surface area contributed by atoms with Crippen molar-refractivity contribution in [3.63, 3.8) is 0 Å². The number of carbonyl (C=O) groups is 2. The highest BCUT2D eigenvalue weighted by Crippen LogP contribution is 2.27. The highest BCUT2D eigenvalue weighted by Gasteiger charge is 2.17. The third kappa shape index (κ3) is 5.13. The molecule has 1 fully saturated rings. The van der Waals surface area contributed by atoms with Gasteiger partial charge in [-0.3, -0.25) is 14.9 Å². The first kappa shape index (κ1) is 19.8. The minimum atomic E-state index is -0.218. The summed E-state index contributed by atoms with van der Waals surface area (Å²) in [7, 11) is 0. The van der Waals surface area contributed by atoms with Crippen LogP contribution in [0.3, 0.4) is 0 Å². The fourth-order valence-corrected chi connectivity index (χ4v) is 5.11. The lowest BCUT2D eigenvalue weighted by atomic mass is 9.95. The Morgan fingerprint density at radius 3 is 2.69 bits per heavy atom. The summed E-state index contributed by atoms with van der Waals surface area (Å²) >= 11 is 2.62. The Kier molecular flexibility index (Phi) is 6.41. The fourth-order valence-electron chi connectivity index (χ4n) is 3.55. The lowest BCUT2D eigenvalue weighted by molar-refractivity contribution is -0.119. The number of carbonyl (C=O) groups excluding carboxylic acids is 2. The molecule has 0 saturated heterocycles. The molecule has 150 valence electrons. The molecule has 2 N–H and O–H groups in total. The van der Waals surface area contributed by atoms with Gasteiger partial charge >= 0.3 is 0 Å². The lowest BCUT2D eigenvalue weighted by Gasteiger charge is -2.22.